The lowest BCUT2D eigenvalue weighted by atomic mass is 10.2. The van der Waals surface area contributed by atoms with E-state index in [-0.39, 0.29) is 21.3 Å². The predicted molar refractivity (Wildman–Crippen MR) is 114 cm³/mol. The van der Waals surface area contributed by atoms with Crippen molar-refractivity contribution in [3.63, 3.8) is 0 Å². The number of aromatic nitrogens is 2. The van der Waals surface area contributed by atoms with Crippen molar-refractivity contribution in [2.75, 3.05) is 18.4 Å². The van der Waals surface area contributed by atoms with Crippen molar-refractivity contribution < 1.29 is 18.1 Å². The van der Waals surface area contributed by atoms with Crippen LogP contribution >= 0.6 is 11.3 Å². The van der Waals surface area contributed by atoms with Gasteiger partial charge < -0.3 is 0 Å². The minimum absolute atomic E-state index is 0.0674. The molecule has 1 saturated heterocycles. The molecule has 160 valence electrons. The Morgan fingerprint density at radius 1 is 1.10 bits per heavy atom. The van der Waals surface area contributed by atoms with Crippen molar-refractivity contribution in [3.8, 4) is 10.6 Å². The molecule has 1 N–H and O–H groups in total. The Balaban J connectivity index is 1.47. The van der Waals surface area contributed by atoms with Crippen molar-refractivity contribution in [3.05, 3.63) is 64.2 Å². The highest BCUT2D eigenvalue weighted by molar-refractivity contribution is 7.89. The Kier molecular flexibility index (Phi) is 5.76. The highest BCUT2D eigenvalue weighted by Gasteiger charge is 2.27. The molecule has 1 amide bonds. The molecule has 12 heteroatoms. The Morgan fingerprint density at radius 3 is 2.48 bits per heavy atom. The molecular formula is C19H17N5O5S2. The zero-order valence-corrected chi connectivity index (χ0v) is 17.7. The van der Waals surface area contributed by atoms with E-state index in [9.17, 15) is 23.3 Å². The lowest BCUT2D eigenvalue weighted by Crippen LogP contribution is -2.27. The fourth-order valence-electron chi connectivity index (χ4n) is 3.17. The molecular weight excluding hydrogens is 442 g/mol. The number of carbonyl (C=O) groups is 1. The Labute approximate surface area is 181 Å². The van der Waals surface area contributed by atoms with E-state index in [2.05, 4.69) is 15.5 Å². The summed E-state index contributed by atoms with van der Waals surface area (Å²) in [5, 5.41) is 22.1. The summed E-state index contributed by atoms with van der Waals surface area (Å²) >= 11 is 1.07. The number of benzene rings is 2. The number of nitro groups is 1. The summed E-state index contributed by atoms with van der Waals surface area (Å²) in [7, 11) is -3.54. The first kappa shape index (κ1) is 21.0. The van der Waals surface area contributed by atoms with Gasteiger partial charge in [0.2, 0.25) is 15.2 Å². The van der Waals surface area contributed by atoms with E-state index in [0.29, 0.717) is 23.7 Å². The number of sulfonamides is 1. The smallest absolute Gasteiger partial charge is 0.270 e. The van der Waals surface area contributed by atoms with Crippen molar-refractivity contribution in [1.82, 2.24) is 14.5 Å². The molecule has 0 atom stereocenters. The van der Waals surface area contributed by atoms with Crippen LogP contribution in [0.4, 0.5) is 10.8 Å². The summed E-state index contributed by atoms with van der Waals surface area (Å²) in [6.07, 6.45) is 1.69. The van der Waals surface area contributed by atoms with E-state index in [4.69, 9.17) is 0 Å². The number of carbonyl (C=O) groups excluding carboxylic acids is 1. The van der Waals surface area contributed by atoms with Crippen LogP contribution < -0.4 is 5.32 Å². The van der Waals surface area contributed by atoms with Crippen LogP contribution in [-0.2, 0) is 10.0 Å². The summed E-state index contributed by atoms with van der Waals surface area (Å²) in [4.78, 5) is 23.1. The number of hydrogen-bond donors (Lipinski definition) is 1. The molecule has 1 aliphatic heterocycles. The van der Waals surface area contributed by atoms with Crippen molar-refractivity contribution >= 4 is 38.1 Å². The van der Waals surface area contributed by atoms with E-state index in [0.717, 1.165) is 24.2 Å². The maximum absolute atomic E-state index is 12.6. The van der Waals surface area contributed by atoms with Gasteiger partial charge in [-0.25, -0.2) is 8.42 Å². The molecule has 1 aromatic heterocycles. The van der Waals surface area contributed by atoms with E-state index >= 15 is 0 Å². The van der Waals surface area contributed by atoms with Crippen molar-refractivity contribution in [2.24, 2.45) is 0 Å². The summed E-state index contributed by atoms with van der Waals surface area (Å²) < 4.78 is 26.6. The molecule has 1 fully saturated rings. The minimum atomic E-state index is -3.54. The quantitative estimate of drug-likeness (QED) is 0.442. The normalized spacial score (nSPS) is 14.5. The van der Waals surface area contributed by atoms with E-state index in [1.54, 1.807) is 12.1 Å². The van der Waals surface area contributed by atoms with Crippen molar-refractivity contribution in [2.45, 2.75) is 17.7 Å². The van der Waals surface area contributed by atoms with Crippen LogP contribution in [0, 0.1) is 10.1 Å². The van der Waals surface area contributed by atoms with E-state index in [1.165, 1.54) is 40.7 Å². The largest absolute Gasteiger partial charge is 0.296 e. The number of nitro benzene ring substituents is 1. The van der Waals surface area contributed by atoms with Crippen molar-refractivity contribution in [1.29, 1.82) is 0 Å². The third-order valence-electron chi connectivity index (χ3n) is 4.77. The molecule has 1 aliphatic rings. The SMILES string of the molecule is O=C(Nc1nnc(-c2cccc([N+](=O)[O-])c2)s1)c1ccc(S(=O)(=O)N2CCCC2)cc1. The highest BCUT2D eigenvalue weighted by atomic mass is 32.2. The zero-order chi connectivity index (χ0) is 22.0. The highest BCUT2D eigenvalue weighted by Crippen LogP contribution is 2.29. The van der Waals surface area contributed by atoms with Crippen LogP contribution in [0.2, 0.25) is 0 Å². The zero-order valence-electron chi connectivity index (χ0n) is 16.1. The molecule has 0 unspecified atom stereocenters. The van der Waals surface area contributed by atoms with Crippen LogP contribution in [0.1, 0.15) is 23.2 Å². The predicted octanol–water partition coefficient (Wildman–Crippen LogP) is 3.15. The second kappa shape index (κ2) is 8.49. The van der Waals surface area contributed by atoms with Gasteiger partial charge in [-0.3, -0.25) is 20.2 Å². The minimum Gasteiger partial charge on any atom is -0.296 e. The Morgan fingerprint density at radius 2 is 1.81 bits per heavy atom. The first-order valence-electron chi connectivity index (χ1n) is 9.34. The number of nitrogens with zero attached hydrogens (tertiary/aromatic N) is 4. The number of anilines is 1. The molecule has 0 aliphatic carbocycles. The van der Waals surface area contributed by atoms with Gasteiger partial charge in [-0.1, -0.05) is 23.5 Å². The van der Waals surface area contributed by atoms with Gasteiger partial charge in [0.25, 0.3) is 11.6 Å². The summed E-state index contributed by atoms with van der Waals surface area (Å²) in [6.45, 7) is 1.02. The van der Waals surface area contributed by atoms with Crippen LogP contribution in [0.25, 0.3) is 10.6 Å². The first-order chi connectivity index (χ1) is 14.8. The van der Waals surface area contributed by atoms with Crippen LogP contribution in [0.5, 0.6) is 0 Å². The van der Waals surface area contributed by atoms with Crippen LogP contribution in [-0.4, -0.2) is 46.8 Å². The molecule has 0 spiro atoms. The molecule has 4 rings (SSSR count). The second-order valence-corrected chi connectivity index (χ2v) is 9.72. The standard InChI is InChI=1S/C19H17N5O5S2/c25-17(13-6-8-16(9-7-13)31(28,29)23-10-1-2-11-23)20-19-22-21-18(30-19)14-4-3-5-15(12-14)24(26)27/h3-9,12H,1-2,10-11H2,(H,20,22,25). The molecule has 10 nitrogen and oxygen atoms in total. The summed E-state index contributed by atoms with van der Waals surface area (Å²) in [5.74, 6) is -0.466. The summed E-state index contributed by atoms with van der Waals surface area (Å²) in [5.41, 5.74) is 0.721. The van der Waals surface area contributed by atoms with Crippen LogP contribution in [0.15, 0.2) is 53.4 Å². The van der Waals surface area contributed by atoms with Gasteiger partial charge in [0, 0.05) is 36.3 Å². The van der Waals surface area contributed by atoms with Gasteiger partial charge >= 0.3 is 0 Å². The van der Waals surface area contributed by atoms with Gasteiger partial charge in [0.1, 0.15) is 5.01 Å². The molecule has 3 aromatic rings. The average molecular weight is 460 g/mol. The lowest BCUT2D eigenvalue weighted by Gasteiger charge is -2.15. The molecule has 31 heavy (non-hydrogen) atoms. The van der Waals surface area contributed by atoms with Gasteiger partial charge in [-0.15, -0.1) is 10.2 Å². The number of non-ortho nitro benzene ring substituents is 1. The van der Waals surface area contributed by atoms with E-state index < -0.39 is 20.9 Å². The third-order valence-corrected chi connectivity index (χ3v) is 7.57. The number of nitrogens with one attached hydrogen (secondary N) is 1. The van der Waals surface area contributed by atoms with Crippen LogP contribution in [0.3, 0.4) is 0 Å². The monoisotopic (exact) mass is 459 g/mol. The maximum Gasteiger partial charge on any atom is 0.270 e. The second-order valence-electron chi connectivity index (χ2n) is 6.81. The number of hydrogen-bond acceptors (Lipinski definition) is 8. The summed E-state index contributed by atoms with van der Waals surface area (Å²) in [6, 6.07) is 11.7. The number of amides is 1. The topological polar surface area (TPSA) is 135 Å². The maximum atomic E-state index is 12.6. The molecule has 2 heterocycles. The van der Waals surface area contributed by atoms with E-state index in [1.807, 2.05) is 0 Å². The van der Waals surface area contributed by atoms with Gasteiger partial charge in [-0.05, 0) is 37.1 Å². The Bertz CT molecular complexity index is 1230. The Hall–Kier alpha value is -3.22. The number of rotatable bonds is 6. The molecule has 0 saturated carbocycles. The lowest BCUT2D eigenvalue weighted by molar-refractivity contribution is -0.384. The molecule has 0 radical (unpaired) electrons. The first-order valence-corrected chi connectivity index (χ1v) is 11.6. The molecule has 2 aromatic carbocycles. The van der Waals surface area contributed by atoms with Gasteiger partial charge in [0.05, 0.1) is 9.82 Å². The fraction of sp³-hybridized carbons (Fsp3) is 0.211. The van der Waals surface area contributed by atoms with Gasteiger partial charge in [-0.2, -0.15) is 4.31 Å². The van der Waals surface area contributed by atoms with Gasteiger partial charge in [0.15, 0.2) is 0 Å². The third kappa shape index (κ3) is 4.45. The molecule has 0 bridgehead atoms. The fourth-order valence-corrected chi connectivity index (χ4v) is 5.42. The average Bonchev–Trinajstić information content (AvgIpc) is 3.47.